The number of carbonyl (C=O) groups is 2. The monoisotopic (exact) mass is 270 g/mol. The number of hydrogen-bond donors (Lipinski definition) is 1. The minimum atomic E-state index is -0.928. The minimum absolute atomic E-state index is 0.0390. The average molecular weight is 270 g/mol. The zero-order valence-corrected chi connectivity index (χ0v) is 10.6. The fourth-order valence-electron chi connectivity index (χ4n) is 2.78. The summed E-state index contributed by atoms with van der Waals surface area (Å²) in [5.74, 6) is -2.54. The van der Waals surface area contributed by atoms with E-state index in [2.05, 4.69) is 0 Å². The second-order valence-electron chi connectivity index (χ2n) is 5.50. The Morgan fingerprint density at radius 2 is 1.89 bits per heavy atom. The molecule has 0 bridgehead atoms. The maximum absolute atomic E-state index is 12.0. The summed E-state index contributed by atoms with van der Waals surface area (Å²) >= 11 is 0. The predicted octanol–water partition coefficient (Wildman–Crippen LogP) is 0.587. The summed E-state index contributed by atoms with van der Waals surface area (Å²) in [4.78, 5) is 23.1. The summed E-state index contributed by atoms with van der Waals surface area (Å²) in [7, 11) is 0. The van der Waals surface area contributed by atoms with Gasteiger partial charge in [0.15, 0.2) is 0 Å². The van der Waals surface area contributed by atoms with Gasteiger partial charge in [-0.25, -0.2) is 0 Å². The second-order valence-corrected chi connectivity index (χ2v) is 5.50. The number of fused-ring (bicyclic) bond motifs is 1. The predicted molar refractivity (Wildman–Crippen MR) is 62.4 cm³/mol. The van der Waals surface area contributed by atoms with E-state index in [0.717, 1.165) is 19.4 Å². The number of esters is 1. The van der Waals surface area contributed by atoms with E-state index in [4.69, 9.17) is 19.3 Å². The molecule has 3 fully saturated rings. The minimum Gasteiger partial charge on any atom is -0.481 e. The molecule has 3 aliphatic rings. The lowest BCUT2D eigenvalue weighted by Gasteiger charge is -2.24. The number of carboxylic acid groups (broad SMARTS) is 1. The first-order valence-corrected chi connectivity index (χ1v) is 6.81. The van der Waals surface area contributed by atoms with Crippen LogP contribution in [-0.2, 0) is 23.8 Å². The van der Waals surface area contributed by atoms with Crippen molar-refractivity contribution in [3.8, 4) is 0 Å². The molecule has 106 valence electrons. The van der Waals surface area contributed by atoms with Crippen molar-refractivity contribution in [3.63, 3.8) is 0 Å². The van der Waals surface area contributed by atoms with Crippen molar-refractivity contribution in [1.29, 1.82) is 0 Å². The van der Waals surface area contributed by atoms with Crippen LogP contribution < -0.4 is 0 Å². The van der Waals surface area contributed by atoms with Gasteiger partial charge in [0.2, 0.25) is 0 Å². The molecule has 6 nitrogen and oxygen atoms in total. The summed E-state index contributed by atoms with van der Waals surface area (Å²) in [6.45, 7) is 1.15. The smallest absolute Gasteiger partial charge is 0.309 e. The Kier molecular flexibility index (Phi) is 3.45. The van der Waals surface area contributed by atoms with Gasteiger partial charge in [0, 0.05) is 0 Å². The van der Waals surface area contributed by atoms with Gasteiger partial charge in [-0.15, -0.1) is 0 Å². The van der Waals surface area contributed by atoms with E-state index < -0.39 is 23.8 Å². The van der Waals surface area contributed by atoms with Crippen molar-refractivity contribution in [2.75, 3.05) is 13.2 Å². The largest absolute Gasteiger partial charge is 0.481 e. The highest BCUT2D eigenvalue weighted by atomic mass is 16.6. The molecule has 0 aromatic rings. The van der Waals surface area contributed by atoms with Crippen molar-refractivity contribution in [1.82, 2.24) is 0 Å². The van der Waals surface area contributed by atoms with Crippen LogP contribution in [0.3, 0.4) is 0 Å². The first-order valence-electron chi connectivity index (χ1n) is 6.81. The standard InChI is InChI=1S/C13H18O6/c14-12(15)8-4-10-11(19-10)5-9(8)13(16)17-3-1-2-7-6-18-7/h7-11H,1-6H2,(H,14,15). The van der Waals surface area contributed by atoms with Crippen molar-refractivity contribution < 1.29 is 28.9 Å². The summed E-state index contributed by atoms with van der Waals surface area (Å²) in [6.07, 6.45) is 3.00. The molecule has 0 aromatic carbocycles. The highest BCUT2D eigenvalue weighted by molar-refractivity contribution is 5.81. The number of aliphatic carboxylic acids is 1. The zero-order chi connectivity index (χ0) is 13.4. The van der Waals surface area contributed by atoms with Gasteiger partial charge in [-0.3, -0.25) is 9.59 Å². The van der Waals surface area contributed by atoms with E-state index in [1.165, 1.54) is 0 Å². The van der Waals surface area contributed by atoms with Crippen molar-refractivity contribution in [3.05, 3.63) is 0 Å². The Hall–Kier alpha value is -1.14. The molecule has 5 unspecified atom stereocenters. The van der Waals surface area contributed by atoms with Gasteiger partial charge in [-0.1, -0.05) is 0 Å². The Balaban J connectivity index is 1.46. The third-order valence-corrected chi connectivity index (χ3v) is 4.08. The van der Waals surface area contributed by atoms with Crippen LogP contribution in [0.25, 0.3) is 0 Å². The molecule has 2 heterocycles. The van der Waals surface area contributed by atoms with E-state index in [9.17, 15) is 9.59 Å². The Labute approximate surface area is 111 Å². The van der Waals surface area contributed by atoms with Crippen molar-refractivity contribution in [2.45, 2.75) is 44.0 Å². The van der Waals surface area contributed by atoms with Gasteiger partial charge in [0.1, 0.15) is 0 Å². The van der Waals surface area contributed by atoms with E-state index in [1.54, 1.807) is 0 Å². The van der Waals surface area contributed by atoms with Crippen LogP contribution in [0.4, 0.5) is 0 Å². The second kappa shape index (κ2) is 5.09. The van der Waals surface area contributed by atoms with E-state index in [0.29, 0.717) is 25.6 Å². The molecule has 5 atom stereocenters. The summed E-state index contributed by atoms with van der Waals surface area (Å²) in [5.41, 5.74) is 0. The lowest BCUT2D eigenvalue weighted by atomic mass is 9.79. The molecule has 19 heavy (non-hydrogen) atoms. The van der Waals surface area contributed by atoms with Crippen molar-refractivity contribution >= 4 is 11.9 Å². The molecule has 1 saturated carbocycles. The van der Waals surface area contributed by atoms with Crippen LogP contribution >= 0.6 is 0 Å². The van der Waals surface area contributed by atoms with E-state index in [-0.39, 0.29) is 12.2 Å². The number of carboxylic acids is 1. The number of carbonyl (C=O) groups excluding carboxylic acids is 1. The van der Waals surface area contributed by atoms with Gasteiger partial charge in [0.25, 0.3) is 0 Å². The fraction of sp³-hybridized carbons (Fsp3) is 0.846. The highest BCUT2D eigenvalue weighted by Gasteiger charge is 2.53. The number of epoxide rings is 2. The zero-order valence-electron chi connectivity index (χ0n) is 10.6. The third-order valence-electron chi connectivity index (χ3n) is 4.08. The topological polar surface area (TPSA) is 88.7 Å². The normalized spacial score (nSPS) is 39.3. The average Bonchev–Trinajstić information content (AvgIpc) is 3.25. The molecule has 2 saturated heterocycles. The van der Waals surface area contributed by atoms with E-state index in [1.807, 2.05) is 0 Å². The number of rotatable bonds is 6. The Morgan fingerprint density at radius 1 is 1.21 bits per heavy atom. The summed E-state index contributed by atoms with van der Waals surface area (Å²) < 4.78 is 15.6. The SMILES string of the molecule is O=C(O)C1CC2OC2CC1C(=O)OCCCC1CO1. The molecule has 0 aromatic heterocycles. The lowest BCUT2D eigenvalue weighted by Crippen LogP contribution is -2.36. The highest BCUT2D eigenvalue weighted by Crippen LogP contribution is 2.43. The molecule has 0 spiro atoms. The summed E-state index contributed by atoms with van der Waals surface area (Å²) in [6, 6.07) is 0. The maximum Gasteiger partial charge on any atom is 0.309 e. The third kappa shape index (κ3) is 3.06. The van der Waals surface area contributed by atoms with Gasteiger partial charge in [0.05, 0.1) is 43.4 Å². The Bertz CT molecular complexity index is 377. The molecule has 0 radical (unpaired) electrons. The Morgan fingerprint density at radius 3 is 2.53 bits per heavy atom. The van der Waals surface area contributed by atoms with Crippen LogP contribution in [0.15, 0.2) is 0 Å². The van der Waals surface area contributed by atoms with Gasteiger partial charge < -0.3 is 19.3 Å². The van der Waals surface area contributed by atoms with Crippen LogP contribution in [0.5, 0.6) is 0 Å². The molecule has 2 aliphatic heterocycles. The summed E-state index contributed by atoms with van der Waals surface area (Å²) in [5, 5.41) is 9.17. The molecule has 1 aliphatic carbocycles. The number of ether oxygens (including phenoxy) is 3. The van der Waals surface area contributed by atoms with E-state index >= 15 is 0 Å². The number of hydrogen-bond acceptors (Lipinski definition) is 5. The lowest BCUT2D eigenvalue weighted by molar-refractivity contribution is -0.159. The van der Waals surface area contributed by atoms with Crippen molar-refractivity contribution in [2.24, 2.45) is 11.8 Å². The fourth-order valence-corrected chi connectivity index (χ4v) is 2.78. The van der Waals surface area contributed by atoms with Gasteiger partial charge in [-0.2, -0.15) is 0 Å². The molecule has 1 N–H and O–H groups in total. The van der Waals surface area contributed by atoms with Crippen LogP contribution in [-0.4, -0.2) is 48.6 Å². The molecular formula is C13H18O6. The molecule has 6 heteroatoms. The van der Waals surface area contributed by atoms with Crippen LogP contribution in [0, 0.1) is 11.8 Å². The maximum atomic E-state index is 12.0. The first kappa shape index (κ1) is 12.9. The van der Waals surface area contributed by atoms with Crippen LogP contribution in [0.2, 0.25) is 0 Å². The van der Waals surface area contributed by atoms with Gasteiger partial charge in [-0.05, 0) is 25.7 Å². The quantitative estimate of drug-likeness (QED) is 0.431. The molecule has 0 amide bonds. The first-order chi connectivity index (χ1) is 9.15. The van der Waals surface area contributed by atoms with Gasteiger partial charge >= 0.3 is 11.9 Å². The molecular weight excluding hydrogens is 252 g/mol. The molecule has 3 rings (SSSR count). The van der Waals surface area contributed by atoms with Crippen LogP contribution in [0.1, 0.15) is 25.7 Å².